The summed E-state index contributed by atoms with van der Waals surface area (Å²) in [7, 11) is 0. The molecule has 0 aliphatic rings. The monoisotopic (exact) mass is 334 g/mol. The number of carbonyl (C=O) groups is 2. The molecule has 0 fully saturated rings. The summed E-state index contributed by atoms with van der Waals surface area (Å²) in [6, 6.07) is 20.6. The predicted octanol–water partition coefficient (Wildman–Crippen LogP) is 3.82. The van der Waals surface area contributed by atoms with Crippen LogP contribution in [-0.4, -0.2) is 18.4 Å². The number of hydrogen-bond donors (Lipinski definition) is 2. The average molecular weight is 334 g/mol. The van der Waals surface area contributed by atoms with Crippen LogP contribution in [-0.2, 0) is 9.59 Å². The first-order valence-corrected chi connectivity index (χ1v) is 7.90. The van der Waals surface area contributed by atoms with Gasteiger partial charge in [-0.2, -0.15) is 0 Å². The molecule has 5 heteroatoms. The first kappa shape index (κ1) is 16.5. The van der Waals surface area contributed by atoms with E-state index in [0.717, 1.165) is 10.8 Å². The Morgan fingerprint density at radius 3 is 2.40 bits per heavy atom. The van der Waals surface area contributed by atoms with Gasteiger partial charge in [-0.1, -0.05) is 42.5 Å². The number of amides is 2. The van der Waals surface area contributed by atoms with E-state index in [0.29, 0.717) is 17.1 Å². The summed E-state index contributed by atoms with van der Waals surface area (Å²) in [6.07, 6.45) is 0. The van der Waals surface area contributed by atoms with Crippen LogP contribution in [0.25, 0.3) is 10.8 Å². The highest BCUT2D eigenvalue weighted by Gasteiger charge is 2.08. The fourth-order valence-electron chi connectivity index (χ4n) is 2.49. The Kier molecular flexibility index (Phi) is 4.95. The Morgan fingerprint density at radius 1 is 0.880 bits per heavy atom. The minimum Gasteiger partial charge on any atom is -0.482 e. The Labute approximate surface area is 145 Å². The maximum absolute atomic E-state index is 12.1. The van der Waals surface area contributed by atoms with Gasteiger partial charge in [-0.05, 0) is 35.0 Å². The molecule has 5 nitrogen and oxygen atoms in total. The van der Waals surface area contributed by atoms with Gasteiger partial charge in [0, 0.05) is 12.6 Å². The third-order valence-corrected chi connectivity index (χ3v) is 3.59. The van der Waals surface area contributed by atoms with Crippen LogP contribution in [0.5, 0.6) is 5.75 Å². The number of nitrogens with one attached hydrogen (secondary N) is 2. The molecule has 3 aromatic rings. The normalized spacial score (nSPS) is 10.3. The molecule has 0 saturated carbocycles. The second-order valence-corrected chi connectivity index (χ2v) is 5.58. The highest BCUT2D eigenvalue weighted by molar-refractivity contribution is 5.95. The summed E-state index contributed by atoms with van der Waals surface area (Å²) in [5, 5.41) is 7.65. The van der Waals surface area contributed by atoms with Gasteiger partial charge in [-0.25, -0.2) is 0 Å². The second kappa shape index (κ2) is 7.49. The van der Waals surface area contributed by atoms with Crippen LogP contribution in [0.15, 0.2) is 66.7 Å². The molecule has 3 rings (SSSR count). The Bertz CT molecular complexity index is 921. The van der Waals surface area contributed by atoms with Gasteiger partial charge < -0.3 is 15.4 Å². The summed E-state index contributed by atoms with van der Waals surface area (Å²) in [5.41, 5.74) is 1.25. The van der Waals surface area contributed by atoms with Gasteiger partial charge in [0.2, 0.25) is 5.91 Å². The lowest BCUT2D eigenvalue weighted by atomic mass is 10.1. The van der Waals surface area contributed by atoms with Crippen molar-refractivity contribution in [3.8, 4) is 5.75 Å². The molecule has 2 N–H and O–H groups in total. The van der Waals surface area contributed by atoms with Gasteiger partial charge in [0.15, 0.2) is 6.61 Å². The number of fused-ring (bicyclic) bond motifs is 1. The van der Waals surface area contributed by atoms with Gasteiger partial charge >= 0.3 is 0 Å². The Morgan fingerprint density at radius 2 is 1.60 bits per heavy atom. The van der Waals surface area contributed by atoms with Crippen molar-refractivity contribution in [1.82, 2.24) is 0 Å². The number of benzene rings is 3. The third kappa shape index (κ3) is 4.35. The maximum Gasteiger partial charge on any atom is 0.262 e. The van der Waals surface area contributed by atoms with Crippen LogP contribution < -0.4 is 15.4 Å². The molecule has 25 heavy (non-hydrogen) atoms. The summed E-state index contributed by atoms with van der Waals surface area (Å²) >= 11 is 0. The third-order valence-electron chi connectivity index (χ3n) is 3.59. The summed E-state index contributed by atoms with van der Waals surface area (Å²) in [4.78, 5) is 23.3. The zero-order valence-electron chi connectivity index (χ0n) is 13.8. The van der Waals surface area contributed by atoms with E-state index in [1.165, 1.54) is 6.92 Å². The van der Waals surface area contributed by atoms with Crippen LogP contribution in [0.2, 0.25) is 0 Å². The van der Waals surface area contributed by atoms with Gasteiger partial charge in [0.05, 0.1) is 5.69 Å². The van der Waals surface area contributed by atoms with E-state index >= 15 is 0 Å². The molecule has 0 heterocycles. The van der Waals surface area contributed by atoms with E-state index in [-0.39, 0.29) is 18.4 Å². The van der Waals surface area contributed by atoms with Gasteiger partial charge in [0.25, 0.3) is 5.91 Å². The van der Waals surface area contributed by atoms with Crippen LogP contribution >= 0.6 is 0 Å². The van der Waals surface area contributed by atoms with E-state index in [1.807, 2.05) is 42.5 Å². The molecule has 0 spiro atoms. The van der Waals surface area contributed by atoms with Crippen molar-refractivity contribution in [2.24, 2.45) is 0 Å². The average Bonchev–Trinajstić information content (AvgIpc) is 2.60. The minimum absolute atomic E-state index is 0.149. The van der Waals surface area contributed by atoms with Crippen LogP contribution in [0.4, 0.5) is 11.4 Å². The van der Waals surface area contributed by atoms with Crippen molar-refractivity contribution in [2.75, 3.05) is 17.2 Å². The fourth-order valence-corrected chi connectivity index (χ4v) is 2.49. The van der Waals surface area contributed by atoms with Gasteiger partial charge in [-0.15, -0.1) is 0 Å². The quantitative estimate of drug-likeness (QED) is 0.745. The molecule has 0 aliphatic carbocycles. The molecule has 2 amide bonds. The second-order valence-electron chi connectivity index (χ2n) is 5.58. The van der Waals surface area contributed by atoms with E-state index in [2.05, 4.69) is 10.6 Å². The molecule has 126 valence electrons. The lowest BCUT2D eigenvalue weighted by molar-refractivity contribution is -0.118. The molecular formula is C20H18N2O3. The van der Waals surface area contributed by atoms with E-state index < -0.39 is 0 Å². The summed E-state index contributed by atoms with van der Waals surface area (Å²) in [6.45, 7) is 1.27. The molecule has 0 bridgehead atoms. The first-order chi connectivity index (χ1) is 12.1. The van der Waals surface area contributed by atoms with Crippen molar-refractivity contribution in [3.63, 3.8) is 0 Å². The Balaban J connectivity index is 1.63. The standard InChI is InChI=1S/C20H18N2O3/c1-14(23)21-18-8-4-5-9-19(18)25-13-20(24)22-17-11-10-15-6-2-3-7-16(15)12-17/h2-12H,13H2,1H3,(H,21,23)(H,22,24). The zero-order valence-corrected chi connectivity index (χ0v) is 13.8. The summed E-state index contributed by atoms with van der Waals surface area (Å²) in [5.74, 6) is -0.0177. The van der Waals surface area contributed by atoms with Crippen LogP contribution in [0.3, 0.4) is 0 Å². The van der Waals surface area contributed by atoms with Crippen molar-refractivity contribution < 1.29 is 14.3 Å². The molecule has 3 aromatic carbocycles. The number of anilines is 2. The molecule has 0 saturated heterocycles. The number of para-hydroxylation sites is 2. The van der Waals surface area contributed by atoms with Gasteiger partial charge in [0.1, 0.15) is 5.75 Å². The van der Waals surface area contributed by atoms with Crippen molar-refractivity contribution in [2.45, 2.75) is 6.92 Å². The van der Waals surface area contributed by atoms with E-state index in [9.17, 15) is 9.59 Å². The zero-order chi connectivity index (χ0) is 17.6. The lowest BCUT2D eigenvalue weighted by Gasteiger charge is -2.12. The summed E-state index contributed by atoms with van der Waals surface area (Å²) < 4.78 is 5.53. The predicted molar refractivity (Wildman–Crippen MR) is 98.8 cm³/mol. The molecule has 0 atom stereocenters. The minimum atomic E-state index is -0.270. The van der Waals surface area contributed by atoms with Crippen molar-refractivity contribution in [3.05, 3.63) is 66.7 Å². The molecule has 0 aliphatic heterocycles. The highest BCUT2D eigenvalue weighted by atomic mass is 16.5. The fraction of sp³-hybridized carbons (Fsp3) is 0.100. The molecular weight excluding hydrogens is 316 g/mol. The SMILES string of the molecule is CC(=O)Nc1ccccc1OCC(=O)Nc1ccc2ccccc2c1. The molecule has 0 unspecified atom stereocenters. The maximum atomic E-state index is 12.1. The topological polar surface area (TPSA) is 67.4 Å². The highest BCUT2D eigenvalue weighted by Crippen LogP contribution is 2.24. The first-order valence-electron chi connectivity index (χ1n) is 7.90. The van der Waals surface area contributed by atoms with E-state index in [4.69, 9.17) is 4.74 Å². The Hall–Kier alpha value is -3.34. The number of carbonyl (C=O) groups excluding carboxylic acids is 2. The number of rotatable bonds is 5. The van der Waals surface area contributed by atoms with E-state index in [1.54, 1.807) is 24.3 Å². The largest absolute Gasteiger partial charge is 0.482 e. The van der Waals surface area contributed by atoms with Crippen LogP contribution in [0.1, 0.15) is 6.92 Å². The van der Waals surface area contributed by atoms with Crippen molar-refractivity contribution >= 4 is 34.0 Å². The molecule has 0 aromatic heterocycles. The molecule has 0 radical (unpaired) electrons. The van der Waals surface area contributed by atoms with Crippen molar-refractivity contribution in [1.29, 1.82) is 0 Å². The number of ether oxygens (including phenoxy) is 1. The number of hydrogen-bond acceptors (Lipinski definition) is 3. The van der Waals surface area contributed by atoms with Gasteiger partial charge in [-0.3, -0.25) is 9.59 Å². The van der Waals surface area contributed by atoms with Crippen LogP contribution in [0, 0.1) is 0 Å². The lowest BCUT2D eigenvalue weighted by Crippen LogP contribution is -2.20. The smallest absolute Gasteiger partial charge is 0.262 e.